The summed E-state index contributed by atoms with van der Waals surface area (Å²) in [6.45, 7) is 5.19. The van der Waals surface area contributed by atoms with Crippen molar-refractivity contribution in [1.82, 2.24) is 4.90 Å². The summed E-state index contributed by atoms with van der Waals surface area (Å²) in [6, 6.07) is 8.01. The molecular weight excluding hydrogens is 302 g/mol. The molecule has 0 aromatic heterocycles. The number of hydrogen-bond donors (Lipinski definition) is 0. The summed E-state index contributed by atoms with van der Waals surface area (Å²) in [6.07, 6.45) is 2.37. The van der Waals surface area contributed by atoms with Crippen LogP contribution in [0.15, 0.2) is 24.3 Å². The van der Waals surface area contributed by atoms with Crippen LogP contribution >= 0.6 is 15.9 Å². The third kappa shape index (κ3) is 3.59. The molecule has 1 aromatic carbocycles. The smallest absolute Gasteiger partial charge is 0.253 e. The predicted octanol–water partition coefficient (Wildman–Crippen LogP) is 4.06. The summed E-state index contributed by atoms with van der Waals surface area (Å²) in [4.78, 5) is 14.8. The molecular formula is C16H22BrNO. The Labute approximate surface area is 124 Å². The fourth-order valence-electron chi connectivity index (χ4n) is 2.50. The minimum atomic E-state index is 0.133. The van der Waals surface area contributed by atoms with Crippen molar-refractivity contribution in [2.45, 2.75) is 37.4 Å². The quantitative estimate of drug-likeness (QED) is 0.765. The van der Waals surface area contributed by atoms with E-state index in [2.05, 4.69) is 41.9 Å². The van der Waals surface area contributed by atoms with Crippen molar-refractivity contribution in [2.75, 3.05) is 13.6 Å². The molecule has 0 atom stereocenters. The van der Waals surface area contributed by atoms with E-state index in [0.29, 0.717) is 16.7 Å². The maximum Gasteiger partial charge on any atom is 0.253 e. The number of halogens is 1. The molecule has 0 radical (unpaired) electrons. The molecule has 1 aliphatic carbocycles. The van der Waals surface area contributed by atoms with Crippen molar-refractivity contribution in [3.8, 4) is 0 Å². The van der Waals surface area contributed by atoms with E-state index >= 15 is 0 Å². The second kappa shape index (κ2) is 6.08. The minimum Gasteiger partial charge on any atom is -0.341 e. The lowest BCUT2D eigenvalue weighted by molar-refractivity contribution is 0.0749. The summed E-state index contributed by atoms with van der Waals surface area (Å²) in [5, 5.41) is 0. The molecule has 0 N–H and O–H groups in total. The summed E-state index contributed by atoms with van der Waals surface area (Å²) in [7, 11) is 1.90. The molecule has 0 unspecified atom stereocenters. The van der Waals surface area contributed by atoms with Gasteiger partial charge in [-0.25, -0.2) is 0 Å². The minimum absolute atomic E-state index is 0.133. The molecule has 19 heavy (non-hydrogen) atoms. The first-order chi connectivity index (χ1) is 8.97. The second-order valence-corrected chi connectivity index (χ2v) is 7.19. The van der Waals surface area contributed by atoms with Crippen molar-refractivity contribution in [1.29, 1.82) is 0 Å². The molecule has 0 saturated heterocycles. The Morgan fingerprint density at radius 2 is 1.89 bits per heavy atom. The van der Waals surface area contributed by atoms with Crippen molar-refractivity contribution in [2.24, 2.45) is 5.92 Å². The van der Waals surface area contributed by atoms with Crippen LogP contribution in [0, 0.1) is 5.92 Å². The monoisotopic (exact) mass is 323 g/mol. The Bertz CT molecular complexity index is 435. The van der Waals surface area contributed by atoms with Crippen LogP contribution in [0.25, 0.3) is 0 Å². The first-order valence-corrected chi connectivity index (χ1v) is 7.88. The lowest BCUT2D eigenvalue weighted by Gasteiger charge is -2.34. The first kappa shape index (κ1) is 14.6. The Hall–Kier alpha value is -0.830. The fourth-order valence-corrected chi connectivity index (χ4v) is 3.56. The highest BCUT2D eigenvalue weighted by atomic mass is 79.9. The Kier molecular flexibility index (Phi) is 4.67. The summed E-state index contributed by atoms with van der Waals surface area (Å²) in [5.74, 6) is 1.30. The molecule has 1 saturated carbocycles. The van der Waals surface area contributed by atoms with Crippen LogP contribution in [-0.2, 0) is 0 Å². The van der Waals surface area contributed by atoms with Crippen LogP contribution in [0.3, 0.4) is 0 Å². The van der Waals surface area contributed by atoms with Crippen LogP contribution < -0.4 is 0 Å². The average molecular weight is 324 g/mol. The zero-order valence-corrected chi connectivity index (χ0v) is 13.5. The van der Waals surface area contributed by atoms with E-state index in [4.69, 9.17) is 0 Å². The molecule has 1 aliphatic rings. The van der Waals surface area contributed by atoms with Crippen LogP contribution in [0.5, 0.6) is 0 Å². The number of carbonyl (C=O) groups is 1. The average Bonchev–Trinajstić information content (AvgIpc) is 2.36. The standard InChI is InChI=1S/C16H22BrNO/c1-11(2)13-4-6-14(7-5-13)16(19)18(3)10-12-8-15(17)9-12/h4-7,11-12,15H,8-10H2,1-3H3. The first-order valence-electron chi connectivity index (χ1n) is 6.97. The molecule has 3 heteroatoms. The van der Waals surface area contributed by atoms with Gasteiger partial charge in [0, 0.05) is 24.0 Å². The van der Waals surface area contributed by atoms with E-state index in [9.17, 15) is 4.79 Å². The summed E-state index contributed by atoms with van der Waals surface area (Å²) >= 11 is 3.59. The number of rotatable bonds is 4. The van der Waals surface area contributed by atoms with E-state index in [1.807, 2.05) is 24.1 Å². The van der Waals surface area contributed by atoms with Crippen LogP contribution in [-0.4, -0.2) is 29.2 Å². The molecule has 1 amide bonds. The van der Waals surface area contributed by atoms with Crippen LogP contribution in [0.1, 0.15) is 48.5 Å². The maximum atomic E-state index is 12.3. The summed E-state index contributed by atoms with van der Waals surface area (Å²) < 4.78 is 0. The van der Waals surface area contributed by atoms with Gasteiger partial charge in [-0.3, -0.25) is 4.79 Å². The number of benzene rings is 1. The van der Waals surface area contributed by atoms with Crippen molar-refractivity contribution in [3.63, 3.8) is 0 Å². The van der Waals surface area contributed by atoms with Gasteiger partial charge in [-0.05, 0) is 42.4 Å². The third-order valence-electron chi connectivity index (χ3n) is 3.88. The van der Waals surface area contributed by atoms with Gasteiger partial charge in [0.05, 0.1) is 0 Å². The van der Waals surface area contributed by atoms with E-state index in [1.54, 1.807) is 0 Å². The number of carbonyl (C=O) groups excluding carboxylic acids is 1. The van der Waals surface area contributed by atoms with Crippen LogP contribution in [0.4, 0.5) is 0 Å². The zero-order valence-electron chi connectivity index (χ0n) is 11.9. The van der Waals surface area contributed by atoms with Gasteiger partial charge in [0.1, 0.15) is 0 Å². The number of nitrogens with zero attached hydrogens (tertiary/aromatic N) is 1. The topological polar surface area (TPSA) is 20.3 Å². The molecule has 0 aliphatic heterocycles. The van der Waals surface area contributed by atoms with E-state index in [-0.39, 0.29) is 5.91 Å². The van der Waals surface area contributed by atoms with Crippen molar-refractivity contribution < 1.29 is 4.79 Å². The molecule has 2 rings (SSSR count). The normalized spacial score (nSPS) is 22.2. The van der Waals surface area contributed by atoms with Gasteiger partial charge < -0.3 is 4.90 Å². The van der Waals surface area contributed by atoms with Crippen LogP contribution in [0.2, 0.25) is 0 Å². The highest BCUT2D eigenvalue weighted by molar-refractivity contribution is 9.09. The van der Waals surface area contributed by atoms with Gasteiger partial charge in [-0.1, -0.05) is 41.9 Å². The van der Waals surface area contributed by atoms with E-state index in [1.165, 1.54) is 18.4 Å². The largest absolute Gasteiger partial charge is 0.341 e. The molecule has 1 aromatic rings. The Morgan fingerprint density at radius 3 is 2.37 bits per heavy atom. The molecule has 104 valence electrons. The SMILES string of the molecule is CC(C)c1ccc(C(=O)N(C)CC2CC(Br)C2)cc1. The molecule has 0 heterocycles. The van der Waals surface area contributed by atoms with Gasteiger partial charge in [0.2, 0.25) is 0 Å². The summed E-state index contributed by atoms with van der Waals surface area (Å²) in [5.41, 5.74) is 2.07. The van der Waals surface area contributed by atoms with Gasteiger partial charge in [0.25, 0.3) is 5.91 Å². The molecule has 1 fully saturated rings. The predicted molar refractivity (Wildman–Crippen MR) is 82.9 cm³/mol. The fraction of sp³-hybridized carbons (Fsp3) is 0.562. The second-order valence-electron chi connectivity index (χ2n) is 5.90. The van der Waals surface area contributed by atoms with Gasteiger partial charge in [0.15, 0.2) is 0 Å². The van der Waals surface area contributed by atoms with Gasteiger partial charge in [-0.15, -0.1) is 0 Å². The lowest BCUT2D eigenvalue weighted by Crippen LogP contribution is -2.37. The maximum absolute atomic E-state index is 12.3. The number of hydrogen-bond acceptors (Lipinski definition) is 1. The van der Waals surface area contributed by atoms with Crippen molar-refractivity contribution in [3.05, 3.63) is 35.4 Å². The molecule has 0 bridgehead atoms. The van der Waals surface area contributed by atoms with E-state index < -0.39 is 0 Å². The van der Waals surface area contributed by atoms with Crippen molar-refractivity contribution >= 4 is 21.8 Å². The molecule has 0 spiro atoms. The highest BCUT2D eigenvalue weighted by Gasteiger charge is 2.28. The molecule has 2 nitrogen and oxygen atoms in total. The Balaban J connectivity index is 1.94. The van der Waals surface area contributed by atoms with Gasteiger partial charge >= 0.3 is 0 Å². The highest BCUT2D eigenvalue weighted by Crippen LogP contribution is 2.33. The Morgan fingerprint density at radius 1 is 1.32 bits per heavy atom. The van der Waals surface area contributed by atoms with E-state index in [0.717, 1.165) is 12.1 Å². The number of alkyl halides is 1. The third-order valence-corrected chi connectivity index (χ3v) is 4.63. The lowest BCUT2D eigenvalue weighted by atomic mass is 9.85. The van der Waals surface area contributed by atoms with Gasteiger partial charge in [-0.2, -0.15) is 0 Å². The number of amides is 1. The zero-order chi connectivity index (χ0) is 14.0.